The molecule has 37 heavy (non-hydrogen) atoms. The maximum absolute atomic E-state index is 13.6. The average molecular weight is 517 g/mol. The number of rotatable bonds is 15. The lowest BCUT2D eigenvalue weighted by atomic mass is 10.2. The van der Waals surface area contributed by atoms with Crippen molar-refractivity contribution >= 4 is 23.1 Å². The number of alkyl halides is 3. The van der Waals surface area contributed by atoms with Gasteiger partial charge in [0, 0.05) is 17.6 Å². The zero-order valence-corrected chi connectivity index (χ0v) is 21.4. The van der Waals surface area contributed by atoms with E-state index in [9.17, 15) is 13.2 Å². The molecule has 0 aliphatic heterocycles. The van der Waals surface area contributed by atoms with E-state index in [-0.39, 0.29) is 11.8 Å². The van der Waals surface area contributed by atoms with E-state index in [0.29, 0.717) is 30.3 Å². The standard InChI is InChI=1S/C28H35F3N4O2/c1-3-5-7-9-19-37-23-14-10-21(11-15-23)33-26-25(28(29,30)31)20-32-27(35-26)34-22-12-16-24(17-13-22)36-18-8-6-4-2/h10-17,20H,3-9,18-19H2,1-2H3,(H2,32,33,34,35). The van der Waals surface area contributed by atoms with Gasteiger partial charge in [0.2, 0.25) is 5.95 Å². The Hall–Kier alpha value is -3.49. The molecular formula is C28H35F3N4O2. The fourth-order valence-electron chi connectivity index (χ4n) is 3.54. The van der Waals surface area contributed by atoms with Crippen molar-refractivity contribution in [3.05, 3.63) is 60.3 Å². The summed E-state index contributed by atoms with van der Waals surface area (Å²) in [5, 5.41) is 5.73. The van der Waals surface area contributed by atoms with Gasteiger partial charge in [0.15, 0.2) is 0 Å². The number of unbranched alkanes of at least 4 members (excludes halogenated alkanes) is 5. The van der Waals surface area contributed by atoms with Gasteiger partial charge in [0.25, 0.3) is 0 Å². The lowest BCUT2D eigenvalue weighted by Gasteiger charge is -2.15. The summed E-state index contributed by atoms with van der Waals surface area (Å²) in [5.74, 6) is 1.10. The lowest BCUT2D eigenvalue weighted by Crippen LogP contribution is -2.12. The fraction of sp³-hybridized carbons (Fsp3) is 0.429. The first-order valence-electron chi connectivity index (χ1n) is 12.8. The van der Waals surface area contributed by atoms with Crippen molar-refractivity contribution in [2.75, 3.05) is 23.8 Å². The molecule has 0 saturated carbocycles. The van der Waals surface area contributed by atoms with Crippen LogP contribution in [0.4, 0.5) is 36.3 Å². The highest BCUT2D eigenvalue weighted by molar-refractivity contribution is 5.63. The maximum atomic E-state index is 13.6. The molecule has 0 aliphatic carbocycles. The highest BCUT2D eigenvalue weighted by atomic mass is 19.4. The normalized spacial score (nSPS) is 11.3. The molecule has 0 saturated heterocycles. The molecule has 0 radical (unpaired) electrons. The van der Waals surface area contributed by atoms with Crippen LogP contribution in [0.15, 0.2) is 54.7 Å². The summed E-state index contributed by atoms with van der Waals surface area (Å²) in [7, 11) is 0. The third kappa shape index (κ3) is 9.48. The van der Waals surface area contributed by atoms with Gasteiger partial charge in [-0.2, -0.15) is 18.2 Å². The molecule has 3 rings (SSSR count). The Morgan fingerprint density at radius 1 is 0.703 bits per heavy atom. The Morgan fingerprint density at radius 2 is 1.22 bits per heavy atom. The topological polar surface area (TPSA) is 68.3 Å². The molecule has 0 spiro atoms. The molecule has 2 aromatic carbocycles. The maximum Gasteiger partial charge on any atom is 0.421 e. The number of benzene rings is 2. The highest BCUT2D eigenvalue weighted by Gasteiger charge is 2.35. The summed E-state index contributed by atoms with van der Waals surface area (Å²) in [6.07, 6.45) is 3.78. The van der Waals surface area contributed by atoms with Crippen molar-refractivity contribution in [2.45, 2.75) is 65.0 Å². The van der Waals surface area contributed by atoms with Crippen molar-refractivity contribution in [1.82, 2.24) is 9.97 Å². The molecule has 0 unspecified atom stereocenters. The minimum Gasteiger partial charge on any atom is -0.494 e. The second-order valence-electron chi connectivity index (χ2n) is 8.72. The molecule has 1 aromatic heterocycles. The van der Waals surface area contributed by atoms with Crippen LogP contribution in [0.2, 0.25) is 0 Å². The monoisotopic (exact) mass is 516 g/mol. The fourth-order valence-corrected chi connectivity index (χ4v) is 3.54. The minimum absolute atomic E-state index is 0.0409. The molecule has 6 nitrogen and oxygen atoms in total. The van der Waals surface area contributed by atoms with E-state index >= 15 is 0 Å². The predicted molar refractivity (Wildman–Crippen MR) is 141 cm³/mol. The third-order valence-corrected chi connectivity index (χ3v) is 5.60. The largest absolute Gasteiger partial charge is 0.494 e. The number of anilines is 4. The Labute approximate surface area is 216 Å². The van der Waals surface area contributed by atoms with Crippen LogP contribution in [0.1, 0.15) is 64.4 Å². The van der Waals surface area contributed by atoms with Crippen LogP contribution < -0.4 is 20.1 Å². The van der Waals surface area contributed by atoms with Crippen LogP contribution >= 0.6 is 0 Å². The highest BCUT2D eigenvalue weighted by Crippen LogP contribution is 2.35. The Kier molecular flexibility index (Phi) is 10.9. The molecule has 1 heterocycles. The van der Waals surface area contributed by atoms with E-state index in [1.165, 1.54) is 6.42 Å². The van der Waals surface area contributed by atoms with Gasteiger partial charge < -0.3 is 20.1 Å². The van der Waals surface area contributed by atoms with Crippen molar-refractivity contribution < 1.29 is 22.6 Å². The molecule has 0 atom stereocenters. The number of hydrogen-bond acceptors (Lipinski definition) is 6. The van der Waals surface area contributed by atoms with Gasteiger partial charge in [-0.25, -0.2) is 4.98 Å². The van der Waals surface area contributed by atoms with Crippen LogP contribution in [-0.4, -0.2) is 23.2 Å². The van der Waals surface area contributed by atoms with Crippen molar-refractivity contribution in [1.29, 1.82) is 0 Å². The van der Waals surface area contributed by atoms with Gasteiger partial charge in [-0.15, -0.1) is 0 Å². The van der Waals surface area contributed by atoms with E-state index in [0.717, 1.165) is 50.5 Å². The van der Waals surface area contributed by atoms with Crippen LogP contribution in [0.3, 0.4) is 0 Å². The van der Waals surface area contributed by atoms with E-state index in [1.54, 1.807) is 48.5 Å². The average Bonchev–Trinajstić information content (AvgIpc) is 2.88. The molecular weight excluding hydrogens is 481 g/mol. The Balaban J connectivity index is 1.66. The first-order chi connectivity index (χ1) is 17.9. The van der Waals surface area contributed by atoms with Crippen molar-refractivity contribution in [2.24, 2.45) is 0 Å². The van der Waals surface area contributed by atoms with E-state index in [4.69, 9.17) is 9.47 Å². The molecule has 0 bridgehead atoms. The van der Waals surface area contributed by atoms with Gasteiger partial charge in [0.05, 0.1) is 13.2 Å². The van der Waals surface area contributed by atoms with Crippen molar-refractivity contribution in [3.8, 4) is 11.5 Å². The van der Waals surface area contributed by atoms with Crippen molar-refractivity contribution in [3.63, 3.8) is 0 Å². The minimum atomic E-state index is -4.61. The van der Waals surface area contributed by atoms with Crippen LogP contribution in [-0.2, 0) is 6.18 Å². The number of halogens is 3. The van der Waals surface area contributed by atoms with E-state index in [2.05, 4.69) is 34.4 Å². The Morgan fingerprint density at radius 3 is 1.76 bits per heavy atom. The van der Waals surface area contributed by atoms with Gasteiger partial charge in [-0.1, -0.05) is 46.0 Å². The quantitative estimate of drug-likeness (QED) is 0.197. The lowest BCUT2D eigenvalue weighted by molar-refractivity contribution is -0.137. The smallest absolute Gasteiger partial charge is 0.421 e. The summed E-state index contributed by atoms with van der Waals surface area (Å²) in [6.45, 7) is 5.53. The van der Waals surface area contributed by atoms with E-state index < -0.39 is 11.7 Å². The molecule has 9 heteroatoms. The summed E-state index contributed by atoms with van der Waals surface area (Å²) >= 11 is 0. The second kappa shape index (κ2) is 14.3. The van der Waals surface area contributed by atoms with E-state index in [1.807, 2.05) is 0 Å². The number of hydrogen-bond donors (Lipinski definition) is 2. The van der Waals surface area contributed by atoms with Gasteiger partial charge in [0.1, 0.15) is 22.9 Å². The van der Waals surface area contributed by atoms with Gasteiger partial charge in [-0.3, -0.25) is 0 Å². The SMILES string of the molecule is CCCCCCOc1ccc(Nc2nc(Nc3ccc(OCCCCC)cc3)ncc2C(F)(F)F)cc1. The predicted octanol–water partition coefficient (Wildman–Crippen LogP) is 8.51. The zero-order valence-electron chi connectivity index (χ0n) is 21.4. The molecule has 0 aliphatic rings. The first-order valence-corrected chi connectivity index (χ1v) is 12.8. The summed E-state index contributed by atoms with van der Waals surface area (Å²) in [4.78, 5) is 7.98. The number of nitrogens with one attached hydrogen (secondary N) is 2. The summed E-state index contributed by atoms with van der Waals surface area (Å²) in [6, 6.07) is 13.9. The first kappa shape index (κ1) is 28.1. The number of aromatic nitrogens is 2. The van der Waals surface area contributed by atoms with Crippen LogP contribution in [0.5, 0.6) is 11.5 Å². The van der Waals surface area contributed by atoms with Crippen LogP contribution in [0, 0.1) is 0 Å². The number of nitrogens with zero attached hydrogens (tertiary/aromatic N) is 2. The second-order valence-corrected chi connectivity index (χ2v) is 8.72. The molecule has 2 N–H and O–H groups in total. The Bertz CT molecular complexity index is 1070. The summed E-state index contributed by atoms with van der Waals surface area (Å²) < 4.78 is 52.3. The molecule has 200 valence electrons. The summed E-state index contributed by atoms with van der Waals surface area (Å²) in [5.41, 5.74) is 0.134. The van der Waals surface area contributed by atoms with Crippen LogP contribution in [0.25, 0.3) is 0 Å². The number of ether oxygens (including phenoxy) is 2. The molecule has 0 fully saturated rings. The third-order valence-electron chi connectivity index (χ3n) is 5.60. The van der Waals surface area contributed by atoms with Gasteiger partial charge >= 0.3 is 6.18 Å². The zero-order chi connectivity index (χ0) is 26.5. The van der Waals surface area contributed by atoms with Gasteiger partial charge in [-0.05, 0) is 61.4 Å². The molecule has 3 aromatic rings. The molecule has 0 amide bonds.